The molecule has 0 aliphatic heterocycles. The second-order valence-corrected chi connectivity index (χ2v) is 7.33. The lowest BCUT2D eigenvalue weighted by Crippen LogP contribution is -2.06. The molecule has 0 bridgehead atoms. The molecule has 1 aromatic heterocycles. The fraction of sp³-hybridized carbons (Fsp3) is 0.174. The molecule has 0 aliphatic rings. The van der Waals surface area contributed by atoms with Gasteiger partial charge in [-0.2, -0.15) is 0 Å². The smallest absolute Gasteiger partial charge is 0.141 e. The molecule has 0 aliphatic carbocycles. The van der Waals surface area contributed by atoms with Crippen LogP contribution >= 0.6 is 11.6 Å². The molecule has 3 aromatic carbocycles. The topological polar surface area (TPSA) is 17.8 Å². The minimum atomic E-state index is 0.726. The van der Waals surface area contributed by atoms with E-state index in [1.54, 1.807) is 0 Å². The Morgan fingerprint density at radius 3 is 2.35 bits per heavy atom. The van der Waals surface area contributed by atoms with Crippen LogP contribution in [0.1, 0.15) is 22.3 Å². The second-order valence-electron chi connectivity index (χ2n) is 6.90. The van der Waals surface area contributed by atoms with E-state index in [-0.39, 0.29) is 0 Å². The molecule has 26 heavy (non-hydrogen) atoms. The zero-order chi connectivity index (χ0) is 18.3. The molecule has 0 N–H and O–H groups in total. The predicted octanol–water partition coefficient (Wildman–Crippen LogP) is 6.33. The Morgan fingerprint density at radius 1 is 0.885 bits per heavy atom. The van der Waals surface area contributed by atoms with E-state index < -0.39 is 0 Å². The quantitative estimate of drug-likeness (QED) is 0.417. The highest BCUT2D eigenvalue weighted by Gasteiger charge is 2.15. The molecule has 0 amide bonds. The van der Waals surface area contributed by atoms with E-state index in [0.29, 0.717) is 0 Å². The Morgan fingerprint density at radius 2 is 1.62 bits per heavy atom. The average Bonchev–Trinajstić information content (AvgIpc) is 2.96. The van der Waals surface area contributed by atoms with Gasteiger partial charge in [0, 0.05) is 10.6 Å². The van der Waals surface area contributed by atoms with Crippen molar-refractivity contribution in [3.05, 3.63) is 87.9 Å². The van der Waals surface area contributed by atoms with Crippen molar-refractivity contribution in [2.75, 3.05) is 0 Å². The molecular weight excluding hydrogens is 340 g/mol. The number of benzene rings is 3. The fourth-order valence-electron chi connectivity index (χ4n) is 3.70. The summed E-state index contributed by atoms with van der Waals surface area (Å²) < 4.78 is 2.30. The number of fused-ring (bicyclic) bond motifs is 1. The molecule has 0 spiro atoms. The first kappa shape index (κ1) is 16.9. The van der Waals surface area contributed by atoms with Gasteiger partial charge in [0.2, 0.25) is 0 Å². The third kappa shape index (κ3) is 3.02. The summed E-state index contributed by atoms with van der Waals surface area (Å²) in [5.74, 6) is 0.952. The zero-order valence-electron chi connectivity index (χ0n) is 15.3. The third-order valence-electron chi connectivity index (χ3n) is 4.89. The summed E-state index contributed by atoms with van der Waals surface area (Å²) >= 11 is 6.24. The minimum Gasteiger partial charge on any atom is -0.319 e. The van der Waals surface area contributed by atoms with E-state index in [1.807, 2.05) is 24.3 Å². The standard InChI is InChI=1S/C23H21ClN2/c1-15-11-16(2)20(17(3)12-15)14-26-22-10-5-4-9-21(22)25-23(26)18-7-6-8-19(24)13-18/h4-13H,14H2,1-3H3. The van der Waals surface area contributed by atoms with Gasteiger partial charge in [-0.05, 0) is 61.7 Å². The summed E-state index contributed by atoms with van der Waals surface area (Å²) in [6.07, 6.45) is 0. The van der Waals surface area contributed by atoms with Crippen LogP contribution in [0.25, 0.3) is 22.4 Å². The Labute approximate surface area is 159 Å². The van der Waals surface area contributed by atoms with Gasteiger partial charge in [-0.15, -0.1) is 0 Å². The lowest BCUT2D eigenvalue weighted by molar-refractivity contribution is 0.821. The van der Waals surface area contributed by atoms with Crippen LogP contribution in [-0.2, 0) is 6.54 Å². The Hall–Kier alpha value is -2.58. The Bertz CT molecular complexity index is 1090. The van der Waals surface area contributed by atoms with Crippen molar-refractivity contribution in [3.8, 4) is 11.4 Å². The number of hydrogen-bond donors (Lipinski definition) is 0. The van der Waals surface area contributed by atoms with Crippen LogP contribution in [0.3, 0.4) is 0 Å². The highest BCUT2D eigenvalue weighted by atomic mass is 35.5. The summed E-state index contributed by atoms with van der Waals surface area (Å²) in [7, 11) is 0. The highest BCUT2D eigenvalue weighted by Crippen LogP contribution is 2.29. The van der Waals surface area contributed by atoms with Crippen LogP contribution in [0, 0.1) is 20.8 Å². The van der Waals surface area contributed by atoms with E-state index in [9.17, 15) is 0 Å². The number of nitrogens with zero attached hydrogens (tertiary/aromatic N) is 2. The van der Waals surface area contributed by atoms with Gasteiger partial charge in [0.05, 0.1) is 17.6 Å². The first-order valence-electron chi connectivity index (χ1n) is 8.81. The molecule has 4 rings (SSSR count). The van der Waals surface area contributed by atoms with Crippen LogP contribution in [-0.4, -0.2) is 9.55 Å². The summed E-state index contributed by atoms with van der Waals surface area (Å²) in [6.45, 7) is 7.31. The van der Waals surface area contributed by atoms with Gasteiger partial charge >= 0.3 is 0 Å². The van der Waals surface area contributed by atoms with Gasteiger partial charge in [0.25, 0.3) is 0 Å². The lowest BCUT2D eigenvalue weighted by Gasteiger charge is -2.15. The van der Waals surface area contributed by atoms with Crippen molar-refractivity contribution in [2.45, 2.75) is 27.3 Å². The molecule has 0 atom stereocenters. The van der Waals surface area contributed by atoms with E-state index in [1.165, 1.54) is 22.3 Å². The third-order valence-corrected chi connectivity index (χ3v) is 5.13. The van der Waals surface area contributed by atoms with Crippen LogP contribution in [0.15, 0.2) is 60.7 Å². The summed E-state index contributed by atoms with van der Waals surface area (Å²) in [5, 5.41) is 0.726. The largest absolute Gasteiger partial charge is 0.319 e. The molecular formula is C23H21ClN2. The number of hydrogen-bond acceptors (Lipinski definition) is 1. The maximum atomic E-state index is 6.24. The molecule has 0 saturated heterocycles. The van der Waals surface area contributed by atoms with E-state index in [4.69, 9.17) is 16.6 Å². The van der Waals surface area contributed by atoms with Crippen molar-refractivity contribution < 1.29 is 0 Å². The highest BCUT2D eigenvalue weighted by molar-refractivity contribution is 6.30. The molecule has 3 heteroatoms. The maximum Gasteiger partial charge on any atom is 0.141 e. The summed E-state index contributed by atoms with van der Waals surface area (Å²) in [5.41, 5.74) is 8.47. The van der Waals surface area contributed by atoms with Gasteiger partial charge in [0.1, 0.15) is 5.82 Å². The maximum absolute atomic E-state index is 6.24. The molecule has 130 valence electrons. The van der Waals surface area contributed by atoms with Gasteiger partial charge < -0.3 is 4.57 Å². The monoisotopic (exact) mass is 360 g/mol. The molecule has 2 nitrogen and oxygen atoms in total. The van der Waals surface area contributed by atoms with E-state index in [2.05, 4.69) is 61.7 Å². The lowest BCUT2D eigenvalue weighted by atomic mass is 9.99. The summed E-state index contributed by atoms with van der Waals surface area (Å²) in [6, 6.07) is 20.7. The van der Waals surface area contributed by atoms with E-state index >= 15 is 0 Å². The van der Waals surface area contributed by atoms with Crippen LogP contribution < -0.4 is 0 Å². The van der Waals surface area contributed by atoms with Gasteiger partial charge in [-0.25, -0.2) is 4.98 Å². The molecule has 0 radical (unpaired) electrons. The van der Waals surface area contributed by atoms with Crippen molar-refractivity contribution in [1.29, 1.82) is 0 Å². The molecule has 0 fully saturated rings. The van der Waals surface area contributed by atoms with Gasteiger partial charge in [-0.3, -0.25) is 0 Å². The van der Waals surface area contributed by atoms with Crippen molar-refractivity contribution in [3.63, 3.8) is 0 Å². The van der Waals surface area contributed by atoms with Crippen LogP contribution in [0.5, 0.6) is 0 Å². The van der Waals surface area contributed by atoms with Crippen LogP contribution in [0.4, 0.5) is 0 Å². The number of aryl methyl sites for hydroxylation is 3. The number of para-hydroxylation sites is 2. The number of aromatic nitrogens is 2. The number of halogens is 1. The zero-order valence-corrected chi connectivity index (χ0v) is 16.0. The average molecular weight is 361 g/mol. The SMILES string of the molecule is Cc1cc(C)c(Cn2c(-c3cccc(Cl)c3)nc3ccccc32)c(C)c1. The van der Waals surface area contributed by atoms with Crippen molar-refractivity contribution >= 4 is 22.6 Å². The number of rotatable bonds is 3. The fourth-order valence-corrected chi connectivity index (χ4v) is 3.89. The Kier molecular flexibility index (Phi) is 4.29. The normalized spacial score (nSPS) is 11.2. The number of imidazole rings is 1. The van der Waals surface area contributed by atoms with Gasteiger partial charge in [-0.1, -0.05) is 53.6 Å². The van der Waals surface area contributed by atoms with Crippen molar-refractivity contribution in [1.82, 2.24) is 9.55 Å². The Balaban J connectivity index is 1.93. The first-order chi connectivity index (χ1) is 12.5. The van der Waals surface area contributed by atoms with Crippen LogP contribution in [0.2, 0.25) is 5.02 Å². The predicted molar refractivity (Wildman–Crippen MR) is 110 cm³/mol. The molecule has 0 saturated carbocycles. The second kappa shape index (κ2) is 6.62. The van der Waals surface area contributed by atoms with Gasteiger partial charge in [0.15, 0.2) is 0 Å². The first-order valence-corrected chi connectivity index (χ1v) is 9.18. The van der Waals surface area contributed by atoms with E-state index in [0.717, 1.165) is 34.0 Å². The molecule has 4 aromatic rings. The minimum absolute atomic E-state index is 0.726. The van der Waals surface area contributed by atoms with Crippen molar-refractivity contribution in [2.24, 2.45) is 0 Å². The summed E-state index contributed by atoms with van der Waals surface area (Å²) in [4.78, 5) is 4.90. The molecule has 0 unspecified atom stereocenters. The molecule has 1 heterocycles.